The summed E-state index contributed by atoms with van der Waals surface area (Å²) in [6.45, 7) is 3.52. The number of aromatic nitrogens is 1. The first-order chi connectivity index (χ1) is 10.9. The molecule has 5 heteroatoms. The van der Waals surface area contributed by atoms with Gasteiger partial charge in [-0.05, 0) is 43.7 Å². The average molecular weight is 332 g/mol. The molecule has 0 aliphatic carbocycles. The molecule has 23 heavy (non-hydrogen) atoms. The third kappa shape index (κ3) is 4.33. The van der Waals surface area contributed by atoms with E-state index < -0.39 is 5.97 Å². The average Bonchev–Trinajstić information content (AvgIpc) is 2.79. The van der Waals surface area contributed by atoms with Crippen molar-refractivity contribution < 1.29 is 14.3 Å². The molecule has 1 aromatic carbocycles. The van der Waals surface area contributed by atoms with Gasteiger partial charge in [0.2, 0.25) is 5.78 Å². The van der Waals surface area contributed by atoms with Gasteiger partial charge in [-0.2, -0.15) is 0 Å². The molecule has 0 unspecified atom stereocenters. The number of hydrogen-bond acceptors (Lipinski definition) is 3. The first-order valence-electron chi connectivity index (χ1n) is 7.15. The van der Waals surface area contributed by atoms with Gasteiger partial charge < -0.3 is 9.30 Å². The van der Waals surface area contributed by atoms with Crippen molar-refractivity contribution in [2.75, 3.05) is 6.61 Å². The van der Waals surface area contributed by atoms with Crippen LogP contribution in [0.5, 0.6) is 0 Å². The zero-order valence-corrected chi connectivity index (χ0v) is 14.1. The number of benzene rings is 1. The number of hydrogen-bond donors (Lipinski definition) is 0. The third-order valence-corrected chi connectivity index (χ3v) is 3.95. The lowest BCUT2D eigenvalue weighted by atomic mass is 10.1. The normalized spacial score (nSPS) is 11.0. The van der Waals surface area contributed by atoms with Gasteiger partial charge in [-0.25, -0.2) is 4.79 Å². The lowest BCUT2D eigenvalue weighted by Gasteiger charge is -2.03. The number of carbonyl (C=O) groups is 2. The minimum absolute atomic E-state index is 0.209. The van der Waals surface area contributed by atoms with Gasteiger partial charge in [0.15, 0.2) is 6.61 Å². The highest BCUT2D eigenvalue weighted by atomic mass is 35.5. The molecule has 0 spiro atoms. The summed E-state index contributed by atoms with van der Waals surface area (Å²) in [7, 11) is 1.89. The Kier molecular flexibility index (Phi) is 5.40. The number of ether oxygens (including phenoxy) is 1. The van der Waals surface area contributed by atoms with E-state index in [9.17, 15) is 9.59 Å². The minimum Gasteiger partial charge on any atom is -0.454 e. The van der Waals surface area contributed by atoms with Crippen LogP contribution in [0, 0.1) is 13.8 Å². The molecule has 0 bridgehead atoms. The highest BCUT2D eigenvalue weighted by Crippen LogP contribution is 2.14. The van der Waals surface area contributed by atoms with Crippen molar-refractivity contribution in [1.82, 2.24) is 4.57 Å². The predicted molar refractivity (Wildman–Crippen MR) is 90.7 cm³/mol. The topological polar surface area (TPSA) is 48.3 Å². The Balaban J connectivity index is 1.92. The third-order valence-electron chi connectivity index (χ3n) is 3.70. The van der Waals surface area contributed by atoms with Crippen molar-refractivity contribution in [3.8, 4) is 0 Å². The Morgan fingerprint density at radius 2 is 1.87 bits per heavy atom. The highest BCUT2D eigenvalue weighted by molar-refractivity contribution is 6.30. The number of esters is 1. The molecule has 0 aliphatic heterocycles. The van der Waals surface area contributed by atoms with Crippen molar-refractivity contribution >= 4 is 29.4 Å². The maximum absolute atomic E-state index is 12.1. The van der Waals surface area contributed by atoms with Crippen LogP contribution in [0.25, 0.3) is 6.08 Å². The number of ketones is 1. The van der Waals surface area contributed by atoms with E-state index in [1.807, 2.05) is 25.5 Å². The predicted octanol–water partition coefficient (Wildman–Crippen LogP) is 3.73. The summed E-state index contributed by atoms with van der Waals surface area (Å²) in [6, 6.07) is 8.84. The Morgan fingerprint density at radius 3 is 2.43 bits per heavy atom. The number of nitrogens with zero attached hydrogens (tertiary/aromatic N) is 1. The van der Waals surface area contributed by atoms with E-state index in [0.29, 0.717) is 10.6 Å². The maximum atomic E-state index is 12.1. The van der Waals surface area contributed by atoms with Gasteiger partial charge in [0.25, 0.3) is 0 Å². The molecular weight excluding hydrogens is 314 g/mol. The summed E-state index contributed by atoms with van der Waals surface area (Å²) in [6.07, 6.45) is 2.90. The molecule has 1 aromatic heterocycles. The minimum atomic E-state index is -0.557. The van der Waals surface area contributed by atoms with E-state index in [2.05, 4.69) is 0 Å². The lowest BCUT2D eigenvalue weighted by molar-refractivity contribution is -0.136. The fourth-order valence-electron chi connectivity index (χ4n) is 2.14. The first-order valence-corrected chi connectivity index (χ1v) is 7.53. The number of halogens is 1. The largest absolute Gasteiger partial charge is 0.454 e. The number of carbonyl (C=O) groups excluding carboxylic acids is 2. The molecule has 120 valence electrons. The number of Topliss-reactive ketones (excluding diaryl/α,β-unsaturated/α-hetero) is 1. The van der Waals surface area contributed by atoms with Gasteiger partial charge in [0, 0.05) is 35.1 Å². The molecule has 0 atom stereocenters. The molecule has 1 heterocycles. The Hall–Kier alpha value is -2.33. The van der Waals surface area contributed by atoms with Gasteiger partial charge >= 0.3 is 5.97 Å². The molecule has 4 nitrogen and oxygen atoms in total. The van der Waals surface area contributed by atoms with Crippen molar-refractivity contribution in [1.29, 1.82) is 0 Å². The van der Waals surface area contributed by atoms with Gasteiger partial charge in [-0.15, -0.1) is 0 Å². The van der Waals surface area contributed by atoms with Crippen LogP contribution in [-0.2, 0) is 16.6 Å². The zero-order chi connectivity index (χ0) is 17.0. The molecule has 2 aromatic rings. The second kappa shape index (κ2) is 7.29. The summed E-state index contributed by atoms with van der Waals surface area (Å²) in [5.41, 5.74) is 3.26. The SMILES string of the molecule is Cc1cc(C(=O)COC(=O)C=Cc2ccc(Cl)cc2)c(C)n1C. The van der Waals surface area contributed by atoms with Gasteiger partial charge in [-0.1, -0.05) is 23.7 Å². The lowest BCUT2D eigenvalue weighted by Crippen LogP contribution is -2.13. The summed E-state index contributed by atoms with van der Waals surface area (Å²) in [5, 5.41) is 0.629. The fourth-order valence-corrected chi connectivity index (χ4v) is 2.26. The molecule has 0 N–H and O–H groups in total. The van der Waals surface area contributed by atoms with E-state index in [-0.39, 0.29) is 12.4 Å². The van der Waals surface area contributed by atoms with Crippen LogP contribution < -0.4 is 0 Å². The summed E-state index contributed by atoms with van der Waals surface area (Å²) >= 11 is 5.79. The van der Waals surface area contributed by atoms with Crippen LogP contribution in [0.2, 0.25) is 5.02 Å². The van der Waals surface area contributed by atoms with Crippen molar-refractivity contribution in [3.05, 3.63) is 63.9 Å². The standard InChI is InChI=1S/C18H18ClNO3/c1-12-10-16(13(2)20(12)3)17(21)11-23-18(22)9-6-14-4-7-15(19)8-5-14/h4-10H,11H2,1-3H3. The molecule has 0 aliphatic rings. The van der Waals surface area contributed by atoms with E-state index in [0.717, 1.165) is 17.0 Å². The fraction of sp³-hybridized carbons (Fsp3) is 0.222. The van der Waals surface area contributed by atoms with Crippen LogP contribution in [0.15, 0.2) is 36.4 Å². The molecule has 0 radical (unpaired) electrons. The van der Waals surface area contributed by atoms with E-state index >= 15 is 0 Å². The van der Waals surface area contributed by atoms with Crippen molar-refractivity contribution in [2.45, 2.75) is 13.8 Å². The van der Waals surface area contributed by atoms with E-state index in [1.54, 1.807) is 36.4 Å². The highest BCUT2D eigenvalue weighted by Gasteiger charge is 2.15. The number of aryl methyl sites for hydroxylation is 1. The van der Waals surface area contributed by atoms with Crippen LogP contribution >= 0.6 is 11.6 Å². The zero-order valence-electron chi connectivity index (χ0n) is 13.3. The van der Waals surface area contributed by atoms with Crippen LogP contribution in [-0.4, -0.2) is 22.9 Å². The molecule has 0 saturated carbocycles. The van der Waals surface area contributed by atoms with Crippen LogP contribution in [0.4, 0.5) is 0 Å². The first kappa shape index (κ1) is 17.0. The molecule has 0 saturated heterocycles. The molecule has 2 rings (SSSR count). The summed E-state index contributed by atoms with van der Waals surface area (Å²) in [5.74, 6) is -0.766. The van der Waals surface area contributed by atoms with Gasteiger partial charge in [0.05, 0.1) is 0 Å². The van der Waals surface area contributed by atoms with Gasteiger partial charge in [-0.3, -0.25) is 4.79 Å². The Morgan fingerprint density at radius 1 is 1.22 bits per heavy atom. The van der Waals surface area contributed by atoms with Gasteiger partial charge in [0.1, 0.15) is 0 Å². The van der Waals surface area contributed by atoms with Crippen LogP contribution in [0.3, 0.4) is 0 Å². The number of rotatable bonds is 5. The van der Waals surface area contributed by atoms with E-state index in [4.69, 9.17) is 16.3 Å². The molecular formula is C18H18ClNO3. The molecule has 0 fully saturated rings. The molecule has 0 amide bonds. The Labute approximate surface area is 140 Å². The quantitative estimate of drug-likeness (QED) is 0.476. The second-order valence-corrected chi connectivity index (χ2v) is 5.70. The van der Waals surface area contributed by atoms with E-state index in [1.165, 1.54) is 6.08 Å². The monoisotopic (exact) mass is 331 g/mol. The smallest absolute Gasteiger partial charge is 0.331 e. The maximum Gasteiger partial charge on any atom is 0.331 e. The van der Waals surface area contributed by atoms with Crippen molar-refractivity contribution in [3.63, 3.8) is 0 Å². The summed E-state index contributed by atoms with van der Waals surface area (Å²) in [4.78, 5) is 23.8. The van der Waals surface area contributed by atoms with Crippen LogP contribution in [0.1, 0.15) is 27.3 Å². The second-order valence-electron chi connectivity index (χ2n) is 5.26. The Bertz CT molecular complexity index is 757. The van der Waals surface area contributed by atoms with Crippen molar-refractivity contribution in [2.24, 2.45) is 7.05 Å². The summed E-state index contributed by atoms with van der Waals surface area (Å²) < 4.78 is 6.92.